The topological polar surface area (TPSA) is 58.4 Å². The molecule has 0 saturated carbocycles. The number of hydrogen-bond donors (Lipinski definition) is 1. The van der Waals surface area contributed by atoms with Gasteiger partial charge in [-0.1, -0.05) is 0 Å². The summed E-state index contributed by atoms with van der Waals surface area (Å²) in [6, 6.07) is 0. The Hall–Kier alpha value is -1.43. The number of allylic oxidation sites excluding steroid dienone is 2. The SMILES string of the molecule is CC1=C([N+](=O)[O-])C=CN2SNC=C12. The molecule has 5 nitrogen and oxygen atoms in total. The molecule has 0 fully saturated rings. The van der Waals surface area contributed by atoms with Gasteiger partial charge in [0.25, 0.3) is 5.70 Å². The molecule has 0 aliphatic carbocycles. The van der Waals surface area contributed by atoms with Gasteiger partial charge in [-0.15, -0.1) is 0 Å². The van der Waals surface area contributed by atoms with Crippen LogP contribution in [0.25, 0.3) is 0 Å². The molecule has 0 saturated heterocycles. The van der Waals surface area contributed by atoms with Crippen molar-refractivity contribution >= 4 is 12.1 Å². The summed E-state index contributed by atoms with van der Waals surface area (Å²) in [5, 5.41) is 10.6. The molecule has 13 heavy (non-hydrogen) atoms. The lowest BCUT2D eigenvalue weighted by molar-refractivity contribution is -0.420. The van der Waals surface area contributed by atoms with Crippen LogP contribution in [0.5, 0.6) is 0 Å². The highest BCUT2D eigenvalue weighted by Crippen LogP contribution is 2.32. The summed E-state index contributed by atoms with van der Waals surface area (Å²) in [5.74, 6) is 0. The number of nitro groups is 1. The van der Waals surface area contributed by atoms with Gasteiger partial charge in [-0.05, 0) is 6.92 Å². The zero-order chi connectivity index (χ0) is 9.42. The number of hydrogen-bond acceptors (Lipinski definition) is 5. The van der Waals surface area contributed by atoms with Crippen LogP contribution in [0.3, 0.4) is 0 Å². The minimum atomic E-state index is -0.368. The average Bonchev–Trinajstić information content (AvgIpc) is 2.52. The van der Waals surface area contributed by atoms with Gasteiger partial charge in [-0.3, -0.25) is 14.4 Å². The van der Waals surface area contributed by atoms with Crippen molar-refractivity contribution in [1.29, 1.82) is 0 Å². The van der Waals surface area contributed by atoms with Crippen molar-refractivity contribution in [3.8, 4) is 0 Å². The monoisotopic (exact) mass is 197 g/mol. The Balaban J connectivity index is 2.44. The number of nitrogens with one attached hydrogen (secondary N) is 1. The maximum Gasteiger partial charge on any atom is 0.275 e. The molecule has 68 valence electrons. The first-order chi connectivity index (χ1) is 6.20. The van der Waals surface area contributed by atoms with Crippen molar-refractivity contribution < 1.29 is 4.92 Å². The van der Waals surface area contributed by atoms with Crippen LogP contribution in [0.2, 0.25) is 0 Å². The summed E-state index contributed by atoms with van der Waals surface area (Å²) in [6.45, 7) is 1.74. The Morgan fingerprint density at radius 2 is 2.46 bits per heavy atom. The van der Waals surface area contributed by atoms with Gasteiger partial charge in [0.1, 0.15) is 0 Å². The predicted octanol–water partition coefficient (Wildman–Crippen LogP) is 1.37. The molecule has 0 bridgehead atoms. The van der Waals surface area contributed by atoms with E-state index in [0.717, 1.165) is 5.70 Å². The Bertz CT molecular complexity index is 359. The van der Waals surface area contributed by atoms with E-state index < -0.39 is 0 Å². The third-order valence-electron chi connectivity index (χ3n) is 1.92. The number of fused-ring (bicyclic) bond motifs is 1. The molecule has 0 aromatic carbocycles. The van der Waals surface area contributed by atoms with Crippen LogP contribution < -0.4 is 4.72 Å². The van der Waals surface area contributed by atoms with Crippen LogP contribution in [0.1, 0.15) is 6.92 Å². The van der Waals surface area contributed by atoms with Crippen molar-refractivity contribution in [1.82, 2.24) is 9.03 Å². The van der Waals surface area contributed by atoms with Crippen LogP contribution in [-0.4, -0.2) is 9.23 Å². The zero-order valence-electron chi connectivity index (χ0n) is 6.85. The lowest BCUT2D eigenvalue weighted by atomic mass is 10.1. The largest absolute Gasteiger partial charge is 0.316 e. The van der Waals surface area contributed by atoms with E-state index in [1.54, 1.807) is 19.3 Å². The molecule has 0 aromatic rings. The molecule has 0 aromatic heterocycles. The minimum Gasteiger partial charge on any atom is -0.316 e. The van der Waals surface area contributed by atoms with E-state index in [9.17, 15) is 10.1 Å². The summed E-state index contributed by atoms with van der Waals surface area (Å²) >= 11 is 1.39. The maximum atomic E-state index is 10.6. The second kappa shape index (κ2) is 2.81. The van der Waals surface area contributed by atoms with Gasteiger partial charge in [0.05, 0.1) is 28.3 Å². The van der Waals surface area contributed by atoms with Gasteiger partial charge in [0.15, 0.2) is 0 Å². The van der Waals surface area contributed by atoms with Crippen LogP contribution in [0, 0.1) is 10.1 Å². The standard InChI is InChI=1S/C7H7N3O2S/c1-5-6(10(11)12)2-3-9-7(5)4-8-13-9/h2-4,8H,1H3. The molecule has 0 atom stereocenters. The Labute approximate surface area is 79.2 Å². The van der Waals surface area contributed by atoms with E-state index in [-0.39, 0.29) is 10.6 Å². The molecule has 2 rings (SSSR count). The van der Waals surface area contributed by atoms with E-state index in [1.807, 2.05) is 4.31 Å². The second-order valence-corrected chi connectivity index (χ2v) is 3.46. The van der Waals surface area contributed by atoms with Gasteiger partial charge in [0, 0.05) is 18.5 Å². The fourth-order valence-electron chi connectivity index (χ4n) is 1.23. The summed E-state index contributed by atoms with van der Waals surface area (Å²) in [5.41, 5.74) is 1.69. The van der Waals surface area contributed by atoms with Gasteiger partial charge in [0.2, 0.25) is 0 Å². The first kappa shape index (κ1) is 8.18. The molecule has 0 amide bonds. The van der Waals surface area contributed by atoms with E-state index >= 15 is 0 Å². The minimum absolute atomic E-state index is 0.159. The van der Waals surface area contributed by atoms with E-state index in [2.05, 4.69) is 4.72 Å². The van der Waals surface area contributed by atoms with E-state index in [0.29, 0.717) is 5.57 Å². The van der Waals surface area contributed by atoms with Crippen molar-refractivity contribution in [2.75, 3.05) is 0 Å². The molecule has 1 N–H and O–H groups in total. The van der Waals surface area contributed by atoms with Gasteiger partial charge in [-0.2, -0.15) is 0 Å². The van der Waals surface area contributed by atoms with Crippen LogP contribution in [-0.2, 0) is 0 Å². The third kappa shape index (κ3) is 1.19. The van der Waals surface area contributed by atoms with Crippen LogP contribution >= 0.6 is 12.1 Å². The third-order valence-corrected chi connectivity index (χ3v) is 2.66. The first-order valence-corrected chi connectivity index (χ1v) is 4.43. The van der Waals surface area contributed by atoms with Crippen LogP contribution in [0.4, 0.5) is 0 Å². The quantitative estimate of drug-likeness (QED) is 0.391. The van der Waals surface area contributed by atoms with Crippen molar-refractivity contribution in [3.63, 3.8) is 0 Å². The molecule has 2 aliphatic rings. The normalized spacial score (nSPS) is 19.8. The molecule has 0 spiro atoms. The highest BCUT2D eigenvalue weighted by atomic mass is 32.2. The molecule has 0 radical (unpaired) electrons. The Morgan fingerprint density at radius 3 is 3.15 bits per heavy atom. The van der Waals surface area contributed by atoms with Crippen molar-refractivity contribution in [3.05, 3.63) is 45.6 Å². The predicted molar refractivity (Wildman–Crippen MR) is 49.5 cm³/mol. The fraction of sp³-hybridized carbons (Fsp3) is 0.143. The molecule has 0 unspecified atom stereocenters. The number of rotatable bonds is 1. The van der Waals surface area contributed by atoms with Gasteiger partial charge in [-0.25, -0.2) is 0 Å². The highest BCUT2D eigenvalue weighted by molar-refractivity contribution is 7.95. The van der Waals surface area contributed by atoms with E-state index in [4.69, 9.17) is 0 Å². The molecule has 6 heteroatoms. The Morgan fingerprint density at radius 1 is 1.69 bits per heavy atom. The summed E-state index contributed by atoms with van der Waals surface area (Å²) in [4.78, 5) is 10.2. The average molecular weight is 197 g/mol. The van der Waals surface area contributed by atoms with E-state index in [1.165, 1.54) is 18.2 Å². The zero-order valence-corrected chi connectivity index (χ0v) is 7.67. The Kier molecular flexibility index (Phi) is 1.77. The number of nitrogens with zero attached hydrogens (tertiary/aromatic N) is 2. The molecular formula is C7H7N3O2S. The lowest BCUT2D eigenvalue weighted by Crippen LogP contribution is -2.13. The first-order valence-electron chi connectivity index (χ1n) is 3.66. The summed E-state index contributed by atoms with van der Waals surface area (Å²) in [6.07, 6.45) is 4.95. The smallest absolute Gasteiger partial charge is 0.275 e. The summed E-state index contributed by atoms with van der Waals surface area (Å²) in [7, 11) is 0. The molecule has 2 aliphatic heterocycles. The molecule has 2 heterocycles. The van der Waals surface area contributed by atoms with Gasteiger partial charge < -0.3 is 4.72 Å². The fourth-order valence-corrected chi connectivity index (χ4v) is 1.92. The van der Waals surface area contributed by atoms with Crippen molar-refractivity contribution in [2.24, 2.45) is 0 Å². The van der Waals surface area contributed by atoms with Crippen LogP contribution in [0.15, 0.2) is 35.4 Å². The molecular weight excluding hydrogens is 190 g/mol. The summed E-state index contributed by atoms with van der Waals surface area (Å²) < 4.78 is 4.78. The second-order valence-electron chi connectivity index (χ2n) is 2.65. The lowest BCUT2D eigenvalue weighted by Gasteiger charge is -2.17. The van der Waals surface area contributed by atoms with Gasteiger partial charge >= 0.3 is 0 Å². The highest BCUT2D eigenvalue weighted by Gasteiger charge is 2.26. The maximum absolute atomic E-state index is 10.6. The van der Waals surface area contributed by atoms with Crippen molar-refractivity contribution in [2.45, 2.75) is 6.92 Å².